The average Bonchev–Trinajstić information content (AvgIpc) is 3.41. The molecule has 0 atom stereocenters. The monoisotopic (exact) mass is 549 g/mol. The molecule has 41 heavy (non-hydrogen) atoms. The number of hydrogen-bond acceptors (Lipinski definition) is 5. The van der Waals surface area contributed by atoms with E-state index in [0.717, 1.165) is 41.0 Å². The normalized spacial score (nSPS) is 15.2. The van der Waals surface area contributed by atoms with Gasteiger partial charge in [-0.15, -0.1) is 11.3 Å². The second-order valence-corrected chi connectivity index (χ2v) is 12.2. The van der Waals surface area contributed by atoms with E-state index in [1.165, 1.54) is 31.7 Å². The van der Waals surface area contributed by atoms with E-state index in [2.05, 4.69) is 56.3 Å². The first-order chi connectivity index (χ1) is 20.1. The molecule has 0 saturated heterocycles. The molecule has 5 heteroatoms. The van der Waals surface area contributed by atoms with Gasteiger partial charge >= 0.3 is 0 Å². The van der Waals surface area contributed by atoms with E-state index in [1.807, 2.05) is 72.0 Å². The number of fused-ring (bicyclic) bond motifs is 5. The molecule has 0 unspecified atom stereocenters. The van der Waals surface area contributed by atoms with Crippen LogP contribution in [0.3, 0.4) is 0 Å². The molecule has 0 radical (unpaired) electrons. The van der Waals surface area contributed by atoms with Gasteiger partial charge in [0.1, 0.15) is 11.5 Å². The maximum absolute atomic E-state index is 6.74. The third kappa shape index (κ3) is 3.92. The summed E-state index contributed by atoms with van der Waals surface area (Å²) in [6.07, 6.45) is 2.02. The minimum absolute atomic E-state index is 0.190. The predicted octanol–water partition coefficient (Wildman–Crippen LogP) is 9.11. The first kappa shape index (κ1) is 24.2. The maximum atomic E-state index is 6.74. The van der Waals surface area contributed by atoms with Crippen molar-refractivity contribution in [2.45, 2.75) is 32.1 Å². The van der Waals surface area contributed by atoms with Crippen molar-refractivity contribution in [3.63, 3.8) is 0 Å². The molecule has 0 saturated carbocycles. The number of allylic oxidation sites excluding steroid dienone is 1. The SMILES string of the molecule is CC1(C)C2=C(Oc3ccc(-c4nc(-c5ccccc5)nc(-c5ccccc5)n4)cc31)c1sc3ccccc3c1CC2. The Morgan fingerprint density at radius 2 is 1.27 bits per heavy atom. The van der Waals surface area contributed by atoms with Crippen LogP contribution < -0.4 is 4.74 Å². The van der Waals surface area contributed by atoms with Crippen molar-refractivity contribution >= 4 is 27.2 Å². The van der Waals surface area contributed by atoms with Crippen LogP contribution in [-0.4, -0.2) is 15.0 Å². The number of ether oxygens (including phenoxy) is 1. The van der Waals surface area contributed by atoms with E-state index in [-0.39, 0.29) is 5.41 Å². The third-order valence-electron chi connectivity index (χ3n) is 8.38. The Kier molecular flexibility index (Phi) is 5.44. The van der Waals surface area contributed by atoms with Gasteiger partial charge in [0.2, 0.25) is 0 Å². The molecule has 198 valence electrons. The van der Waals surface area contributed by atoms with Gasteiger partial charge in [0, 0.05) is 32.4 Å². The van der Waals surface area contributed by atoms with Crippen LogP contribution in [0.15, 0.2) is 109 Å². The van der Waals surface area contributed by atoms with E-state index < -0.39 is 0 Å². The van der Waals surface area contributed by atoms with Gasteiger partial charge in [0.15, 0.2) is 17.5 Å². The number of thiophene rings is 1. The van der Waals surface area contributed by atoms with Gasteiger partial charge in [0.25, 0.3) is 0 Å². The average molecular weight is 550 g/mol. The summed E-state index contributed by atoms with van der Waals surface area (Å²) in [4.78, 5) is 16.1. The number of rotatable bonds is 3. The van der Waals surface area contributed by atoms with Crippen molar-refractivity contribution in [1.82, 2.24) is 15.0 Å². The second kappa shape index (κ2) is 9.22. The highest BCUT2D eigenvalue weighted by Gasteiger charge is 2.40. The Bertz CT molecular complexity index is 1930. The molecule has 8 rings (SSSR count). The first-order valence-electron chi connectivity index (χ1n) is 14.0. The van der Waals surface area contributed by atoms with Crippen LogP contribution in [0, 0.1) is 0 Å². The van der Waals surface area contributed by atoms with E-state index in [1.54, 1.807) is 0 Å². The number of hydrogen-bond donors (Lipinski definition) is 0. The van der Waals surface area contributed by atoms with Crippen LogP contribution in [0.2, 0.25) is 0 Å². The molecule has 0 fully saturated rings. The van der Waals surface area contributed by atoms with Crippen molar-refractivity contribution in [3.8, 4) is 39.9 Å². The lowest BCUT2D eigenvalue weighted by molar-refractivity contribution is 0.431. The number of aryl methyl sites for hydroxylation is 1. The zero-order valence-corrected chi connectivity index (χ0v) is 23.7. The van der Waals surface area contributed by atoms with Gasteiger partial charge in [-0.1, -0.05) is 92.7 Å². The highest BCUT2D eigenvalue weighted by Crippen LogP contribution is 2.53. The van der Waals surface area contributed by atoms with Gasteiger partial charge < -0.3 is 4.74 Å². The van der Waals surface area contributed by atoms with E-state index in [9.17, 15) is 0 Å². The minimum Gasteiger partial charge on any atom is -0.456 e. The maximum Gasteiger partial charge on any atom is 0.164 e. The van der Waals surface area contributed by atoms with Crippen LogP contribution in [-0.2, 0) is 11.8 Å². The molecule has 4 aromatic carbocycles. The van der Waals surface area contributed by atoms with Crippen LogP contribution in [0.1, 0.15) is 36.3 Å². The van der Waals surface area contributed by atoms with Crippen LogP contribution in [0.4, 0.5) is 0 Å². The standard InChI is InChI=1S/C36H27N3OS/c1-36(2)27-19-18-26-25-15-9-10-16-30(25)41-32(26)31(27)40-29-20-17-24(21-28(29)36)35-38-33(22-11-5-3-6-12-22)37-34(39-35)23-13-7-4-8-14-23/h3-17,20-21H,18-19H2,1-2H3. The zero-order chi connectivity index (χ0) is 27.6. The van der Waals surface area contributed by atoms with Crippen LogP contribution in [0.5, 0.6) is 5.75 Å². The molecule has 1 aliphatic carbocycles. The first-order valence-corrected chi connectivity index (χ1v) is 14.8. The lowest BCUT2D eigenvalue weighted by Crippen LogP contribution is -2.29. The molecule has 1 aliphatic heterocycles. The Hall–Kier alpha value is -4.61. The molecule has 0 spiro atoms. The van der Waals surface area contributed by atoms with Crippen LogP contribution in [0.25, 0.3) is 50.0 Å². The quantitative estimate of drug-likeness (QED) is 0.221. The predicted molar refractivity (Wildman–Crippen MR) is 167 cm³/mol. The molecule has 0 amide bonds. The lowest BCUT2D eigenvalue weighted by atomic mass is 9.71. The number of benzene rings is 4. The molecular weight excluding hydrogens is 522 g/mol. The summed E-state index contributed by atoms with van der Waals surface area (Å²) < 4.78 is 8.07. The molecule has 6 aromatic rings. The van der Waals surface area contributed by atoms with E-state index in [0.29, 0.717) is 17.5 Å². The Morgan fingerprint density at radius 1 is 0.659 bits per heavy atom. The van der Waals surface area contributed by atoms with Crippen molar-refractivity contribution in [2.75, 3.05) is 0 Å². The Balaban J connectivity index is 1.26. The summed E-state index contributed by atoms with van der Waals surface area (Å²) in [5.74, 6) is 3.94. The van der Waals surface area contributed by atoms with Gasteiger partial charge in [-0.05, 0) is 53.6 Å². The largest absolute Gasteiger partial charge is 0.456 e. The summed E-state index contributed by atoms with van der Waals surface area (Å²) in [6.45, 7) is 4.65. The van der Waals surface area contributed by atoms with Gasteiger partial charge in [-0.3, -0.25) is 0 Å². The van der Waals surface area contributed by atoms with Gasteiger partial charge in [-0.2, -0.15) is 0 Å². The zero-order valence-electron chi connectivity index (χ0n) is 22.9. The molecule has 4 nitrogen and oxygen atoms in total. The second-order valence-electron chi connectivity index (χ2n) is 11.2. The Labute approximate surface area is 243 Å². The van der Waals surface area contributed by atoms with Crippen molar-refractivity contribution in [1.29, 1.82) is 0 Å². The highest BCUT2D eigenvalue weighted by atomic mass is 32.1. The summed E-state index contributed by atoms with van der Waals surface area (Å²) in [7, 11) is 0. The third-order valence-corrected chi connectivity index (χ3v) is 9.59. The van der Waals surface area contributed by atoms with Crippen LogP contribution >= 0.6 is 11.3 Å². The fourth-order valence-corrected chi connectivity index (χ4v) is 7.45. The fraction of sp³-hybridized carbons (Fsp3) is 0.139. The van der Waals surface area contributed by atoms with Gasteiger partial charge in [0.05, 0.1) is 4.88 Å². The Morgan fingerprint density at radius 3 is 1.95 bits per heavy atom. The summed E-state index contributed by atoms with van der Waals surface area (Å²) in [5.41, 5.74) is 6.65. The lowest BCUT2D eigenvalue weighted by Gasteiger charge is -2.39. The summed E-state index contributed by atoms with van der Waals surface area (Å²) in [6, 6.07) is 35.3. The summed E-state index contributed by atoms with van der Waals surface area (Å²) in [5, 5.41) is 1.36. The number of nitrogens with zero attached hydrogens (tertiary/aromatic N) is 3. The molecule has 2 aromatic heterocycles. The van der Waals surface area contributed by atoms with Crippen molar-refractivity contribution in [3.05, 3.63) is 125 Å². The fourth-order valence-electron chi connectivity index (χ4n) is 6.19. The van der Waals surface area contributed by atoms with Crippen molar-refractivity contribution in [2.24, 2.45) is 0 Å². The van der Waals surface area contributed by atoms with E-state index >= 15 is 0 Å². The minimum atomic E-state index is -0.190. The molecular formula is C36H27N3OS. The van der Waals surface area contributed by atoms with Gasteiger partial charge in [-0.25, -0.2) is 15.0 Å². The van der Waals surface area contributed by atoms with E-state index in [4.69, 9.17) is 19.7 Å². The molecule has 3 heterocycles. The smallest absolute Gasteiger partial charge is 0.164 e. The topological polar surface area (TPSA) is 47.9 Å². The highest BCUT2D eigenvalue weighted by molar-refractivity contribution is 7.20. The summed E-state index contributed by atoms with van der Waals surface area (Å²) >= 11 is 1.85. The molecule has 2 aliphatic rings. The van der Waals surface area contributed by atoms with Crippen molar-refractivity contribution < 1.29 is 4.74 Å². The molecule has 0 bridgehead atoms. The number of aromatic nitrogens is 3. The molecule has 0 N–H and O–H groups in total.